The highest BCUT2D eigenvalue weighted by molar-refractivity contribution is 7.92. The maximum absolute atomic E-state index is 12.7. The lowest BCUT2D eigenvalue weighted by Gasteiger charge is -2.18. The minimum Gasteiger partial charge on any atom is -0.497 e. The summed E-state index contributed by atoms with van der Waals surface area (Å²) in [6.07, 6.45) is 0. The molecule has 3 aromatic carbocycles. The van der Waals surface area contributed by atoms with E-state index in [1.807, 2.05) is 31.2 Å². The zero-order valence-electron chi connectivity index (χ0n) is 17.1. The Kier molecular flexibility index (Phi) is 6.42. The number of rotatable bonds is 7. The molecule has 6 nitrogen and oxygen atoms in total. The quantitative estimate of drug-likeness (QED) is 0.620. The number of aryl methyl sites for hydroxylation is 1. The number of anilines is 1. The van der Waals surface area contributed by atoms with E-state index in [4.69, 9.17) is 4.74 Å². The number of carbonyl (C=O) groups excluding carboxylic acids is 1. The Morgan fingerprint density at radius 2 is 1.53 bits per heavy atom. The molecule has 0 atom stereocenters. The van der Waals surface area contributed by atoms with Crippen molar-refractivity contribution in [1.82, 2.24) is 4.90 Å². The van der Waals surface area contributed by atoms with Gasteiger partial charge in [0.25, 0.3) is 15.9 Å². The van der Waals surface area contributed by atoms with E-state index in [-0.39, 0.29) is 10.8 Å². The molecular formula is C23H24N2O4S. The van der Waals surface area contributed by atoms with Gasteiger partial charge in [0.15, 0.2) is 0 Å². The average Bonchev–Trinajstić information content (AvgIpc) is 2.75. The van der Waals surface area contributed by atoms with Crippen molar-refractivity contribution in [2.75, 3.05) is 18.9 Å². The molecule has 0 aliphatic heterocycles. The van der Waals surface area contributed by atoms with E-state index < -0.39 is 10.0 Å². The number of ether oxygens (including phenoxy) is 1. The molecular weight excluding hydrogens is 400 g/mol. The van der Waals surface area contributed by atoms with Gasteiger partial charge in [-0.3, -0.25) is 9.52 Å². The zero-order chi connectivity index (χ0) is 21.7. The minimum atomic E-state index is -3.76. The third kappa shape index (κ3) is 5.18. The summed E-state index contributed by atoms with van der Waals surface area (Å²) in [5, 5.41) is 0. The molecule has 0 radical (unpaired) electrons. The van der Waals surface area contributed by atoms with Crippen LogP contribution in [-0.2, 0) is 16.6 Å². The number of amides is 1. The lowest BCUT2D eigenvalue weighted by atomic mass is 10.1. The lowest BCUT2D eigenvalue weighted by molar-refractivity contribution is 0.0785. The fourth-order valence-electron chi connectivity index (χ4n) is 2.91. The maximum Gasteiger partial charge on any atom is 0.261 e. The Balaban J connectivity index is 1.69. The van der Waals surface area contributed by atoms with Crippen LogP contribution in [0.3, 0.4) is 0 Å². The first-order valence-corrected chi connectivity index (χ1v) is 10.8. The van der Waals surface area contributed by atoms with Gasteiger partial charge in [0.2, 0.25) is 0 Å². The summed E-state index contributed by atoms with van der Waals surface area (Å²) in [6, 6.07) is 20.5. The van der Waals surface area contributed by atoms with E-state index in [0.717, 1.165) is 11.1 Å². The van der Waals surface area contributed by atoms with Crippen molar-refractivity contribution in [2.45, 2.75) is 18.4 Å². The smallest absolute Gasteiger partial charge is 0.261 e. The first-order chi connectivity index (χ1) is 14.3. The number of nitrogens with one attached hydrogen (secondary N) is 1. The number of benzene rings is 3. The molecule has 1 N–H and O–H groups in total. The van der Waals surface area contributed by atoms with Crippen molar-refractivity contribution >= 4 is 21.6 Å². The van der Waals surface area contributed by atoms with Crippen LogP contribution >= 0.6 is 0 Å². The van der Waals surface area contributed by atoms with Crippen LogP contribution < -0.4 is 9.46 Å². The highest BCUT2D eigenvalue weighted by atomic mass is 32.2. The van der Waals surface area contributed by atoms with Gasteiger partial charge in [-0.25, -0.2) is 8.42 Å². The summed E-state index contributed by atoms with van der Waals surface area (Å²) in [6.45, 7) is 2.48. The predicted octanol–water partition coefficient (Wildman–Crippen LogP) is 4.08. The van der Waals surface area contributed by atoms with Crippen molar-refractivity contribution in [3.63, 3.8) is 0 Å². The van der Waals surface area contributed by atoms with Crippen molar-refractivity contribution in [1.29, 1.82) is 0 Å². The Hall–Kier alpha value is -3.32. The molecule has 0 saturated heterocycles. The molecule has 156 valence electrons. The number of hydrogen-bond acceptors (Lipinski definition) is 4. The van der Waals surface area contributed by atoms with Crippen molar-refractivity contribution in [2.24, 2.45) is 0 Å². The van der Waals surface area contributed by atoms with Crippen molar-refractivity contribution in [3.8, 4) is 5.75 Å². The topological polar surface area (TPSA) is 75.7 Å². The van der Waals surface area contributed by atoms with Crippen LogP contribution in [0.25, 0.3) is 0 Å². The molecule has 3 aromatic rings. The maximum atomic E-state index is 12.7. The second-order valence-corrected chi connectivity index (χ2v) is 8.69. The van der Waals surface area contributed by atoms with Crippen LogP contribution in [0.1, 0.15) is 21.5 Å². The second-order valence-electron chi connectivity index (χ2n) is 7.01. The summed E-state index contributed by atoms with van der Waals surface area (Å²) >= 11 is 0. The number of sulfonamides is 1. The Morgan fingerprint density at radius 1 is 0.933 bits per heavy atom. The molecule has 0 aliphatic carbocycles. The normalized spacial score (nSPS) is 11.0. The van der Waals surface area contributed by atoms with E-state index in [1.165, 1.54) is 24.3 Å². The van der Waals surface area contributed by atoms with Crippen LogP contribution in [-0.4, -0.2) is 33.4 Å². The third-order valence-corrected chi connectivity index (χ3v) is 6.04. The van der Waals surface area contributed by atoms with E-state index in [1.54, 1.807) is 43.3 Å². The molecule has 7 heteroatoms. The van der Waals surface area contributed by atoms with Gasteiger partial charge in [-0.2, -0.15) is 0 Å². The van der Waals surface area contributed by atoms with Crippen LogP contribution in [0, 0.1) is 6.92 Å². The molecule has 3 rings (SSSR count). The Labute approximate surface area is 177 Å². The molecule has 0 saturated carbocycles. The van der Waals surface area contributed by atoms with Crippen LogP contribution in [0.4, 0.5) is 5.69 Å². The highest BCUT2D eigenvalue weighted by Crippen LogP contribution is 2.20. The van der Waals surface area contributed by atoms with Gasteiger partial charge in [0.1, 0.15) is 5.75 Å². The molecule has 0 unspecified atom stereocenters. The van der Waals surface area contributed by atoms with Gasteiger partial charge < -0.3 is 9.64 Å². The van der Waals surface area contributed by atoms with Crippen LogP contribution in [0.15, 0.2) is 77.7 Å². The molecule has 30 heavy (non-hydrogen) atoms. The van der Waals surface area contributed by atoms with Gasteiger partial charge in [-0.15, -0.1) is 0 Å². The van der Waals surface area contributed by atoms with Gasteiger partial charge in [0.05, 0.1) is 12.0 Å². The number of hydrogen-bond donors (Lipinski definition) is 1. The monoisotopic (exact) mass is 424 g/mol. The van der Waals surface area contributed by atoms with E-state index in [2.05, 4.69) is 4.72 Å². The third-order valence-electron chi connectivity index (χ3n) is 4.64. The largest absolute Gasteiger partial charge is 0.497 e. The number of methoxy groups -OCH3 is 1. The number of nitrogens with zero attached hydrogens (tertiary/aromatic N) is 1. The van der Waals surface area contributed by atoms with Crippen LogP contribution in [0.5, 0.6) is 5.75 Å². The molecule has 1 amide bonds. The molecule has 0 bridgehead atoms. The zero-order valence-corrected chi connectivity index (χ0v) is 17.9. The summed E-state index contributed by atoms with van der Waals surface area (Å²) in [5.74, 6) is 0.457. The highest BCUT2D eigenvalue weighted by Gasteiger charge is 2.17. The number of carbonyl (C=O) groups is 1. The first kappa shape index (κ1) is 21.4. The first-order valence-electron chi connectivity index (χ1n) is 9.36. The predicted molar refractivity (Wildman–Crippen MR) is 117 cm³/mol. The van der Waals surface area contributed by atoms with Gasteiger partial charge in [0, 0.05) is 24.8 Å². The summed E-state index contributed by atoms with van der Waals surface area (Å²) in [4.78, 5) is 14.4. The Morgan fingerprint density at radius 3 is 2.10 bits per heavy atom. The summed E-state index contributed by atoms with van der Waals surface area (Å²) in [5.41, 5.74) is 3.04. The Bertz CT molecular complexity index is 1110. The minimum absolute atomic E-state index is 0.0797. The average molecular weight is 425 g/mol. The van der Waals surface area contributed by atoms with Crippen molar-refractivity contribution in [3.05, 3.63) is 89.5 Å². The van der Waals surface area contributed by atoms with Crippen molar-refractivity contribution < 1.29 is 17.9 Å². The van der Waals surface area contributed by atoms with Gasteiger partial charge >= 0.3 is 0 Å². The standard InChI is InChI=1S/C23H24N2O4S/c1-17-4-6-18(7-5-17)16-25(2)23(26)19-8-14-22(15-9-19)30(27,28)24-20-10-12-21(29-3)13-11-20/h4-15,24H,16H2,1-3H3. The van der Waals surface area contributed by atoms with Gasteiger partial charge in [-0.05, 0) is 61.0 Å². The summed E-state index contributed by atoms with van der Waals surface area (Å²) in [7, 11) is -0.502. The molecule has 0 fully saturated rings. The lowest BCUT2D eigenvalue weighted by Crippen LogP contribution is -2.26. The SMILES string of the molecule is COc1ccc(NS(=O)(=O)c2ccc(C(=O)N(C)Cc3ccc(C)cc3)cc2)cc1. The van der Waals surface area contributed by atoms with E-state index >= 15 is 0 Å². The molecule has 0 aliphatic rings. The van der Waals surface area contributed by atoms with E-state index in [0.29, 0.717) is 23.5 Å². The second kappa shape index (κ2) is 9.00. The molecule has 0 heterocycles. The molecule has 0 spiro atoms. The fraction of sp³-hybridized carbons (Fsp3) is 0.174. The molecule has 0 aromatic heterocycles. The fourth-order valence-corrected chi connectivity index (χ4v) is 3.97. The van der Waals surface area contributed by atoms with E-state index in [9.17, 15) is 13.2 Å². The summed E-state index contributed by atoms with van der Waals surface area (Å²) < 4.78 is 32.8. The van der Waals surface area contributed by atoms with Crippen LogP contribution in [0.2, 0.25) is 0 Å². The van der Waals surface area contributed by atoms with Gasteiger partial charge in [-0.1, -0.05) is 29.8 Å².